The predicted octanol–water partition coefficient (Wildman–Crippen LogP) is 16.8. The molecule has 1 N–H and O–H groups in total. The number of nitrogens with zero attached hydrogens (tertiary/aromatic N) is 3. The topological polar surface area (TPSA) is 50.9 Å². The third-order valence-electron chi connectivity index (χ3n) is 13.1. The molecule has 0 saturated carbocycles. The molecule has 2 aromatic heterocycles. The Bertz CT molecular complexity index is 3300. The van der Waals surface area contributed by atoms with Crippen LogP contribution in [0.1, 0.15) is 96.0 Å². The Morgan fingerprint density at radius 1 is 0.530 bits per heavy atom. The third kappa shape index (κ3) is 8.49. The van der Waals surface area contributed by atoms with Crippen molar-refractivity contribution in [3.8, 4) is 78.6 Å². The summed E-state index contributed by atoms with van der Waals surface area (Å²) in [7, 11) is 0. The number of hydrogen-bond donors (Lipinski definition) is 1. The molecule has 2 heterocycles. The molecule has 66 heavy (non-hydrogen) atoms. The molecule has 0 radical (unpaired) electrons. The van der Waals surface area contributed by atoms with Crippen LogP contribution in [0, 0.1) is 20.8 Å². The van der Waals surface area contributed by atoms with Crippen LogP contribution in [0.3, 0.4) is 0 Å². The van der Waals surface area contributed by atoms with E-state index < -0.39 is 5.89 Å². The minimum atomic E-state index is -0.669. The van der Waals surface area contributed by atoms with Gasteiger partial charge in [-0.15, -0.1) is 0 Å². The second kappa shape index (κ2) is 17.1. The van der Waals surface area contributed by atoms with Crippen molar-refractivity contribution in [2.24, 2.45) is 0 Å². The fraction of sp³-hybridized carbons (Fsp3) is 0.226. The van der Waals surface area contributed by atoms with Crippen molar-refractivity contribution in [3.05, 3.63) is 191 Å². The van der Waals surface area contributed by atoms with Crippen LogP contribution in [0.5, 0.6) is 5.75 Å². The Hall–Kier alpha value is -7.04. The van der Waals surface area contributed by atoms with E-state index in [1.54, 1.807) is 0 Å². The summed E-state index contributed by atoms with van der Waals surface area (Å²) < 4.78 is 10.8. The van der Waals surface area contributed by atoms with E-state index in [-0.39, 0.29) is 16.6 Å². The van der Waals surface area contributed by atoms with Gasteiger partial charge in [-0.1, -0.05) is 159 Å². The largest absolute Gasteiger partial charge is 0.507 e. The van der Waals surface area contributed by atoms with Gasteiger partial charge in [0.1, 0.15) is 11.6 Å². The van der Waals surface area contributed by atoms with E-state index in [9.17, 15) is 5.11 Å². The van der Waals surface area contributed by atoms with Gasteiger partial charge in [-0.05, 0) is 153 Å². The molecule has 0 saturated heterocycles. The van der Waals surface area contributed by atoms with Gasteiger partial charge in [0, 0.05) is 24.3 Å². The zero-order chi connectivity index (χ0) is 47.6. The molecule has 9 rings (SSSR count). The van der Waals surface area contributed by atoms with E-state index in [4.69, 9.17) is 11.3 Å². The minimum Gasteiger partial charge on any atom is -0.507 e. The number of aryl methyl sites for hydroxylation is 3. The third-order valence-corrected chi connectivity index (χ3v) is 13.1. The average Bonchev–Trinajstić information content (AvgIpc) is 3.69. The van der Waals surface area contributed by atoms with Gasteiger partial charge >= 0.3 is 0 Å². The zero-order valence-corrected chi connectivity index (χ0v) is 40.3. The van der Waals surface area contributed by atoms with Crippen LogP contribution in [0.25, 0.3) is 83.9 Å². The van der Waals surface area contributed by atoms with Gasteiger partial charge in [0.15, 0.2) is 0 Å². The molecule has 0 aliphatic heterocycles. The smallest absolute Gasteiger partial charge is 0.149 e. The van der Waals surface area contributed by atoms with Crippen molar-refractivity contribution >= 4 is 11.0 Å². The Morgan fingerprint density at radius 2 is 1.20 bits per heavy atom. The predicted molar refractivity (Wildman–Crippen MR) is 279 cm³/mol. The van der Waals surface area contributed by atoms with Crippen LogP contribution >= 0.6 is 0 Å². The van der Waals surface area contributed by atoms with E-state index in [0.29, 0.717) is 11.4 Å². The summed E-state index contributed by atoms with van der Waals surface area (Å²) in [6.45, 7) is 23.6. The lowest BCUT2D eigenvalue weighted by molar-refractivity contribution is 0.472. The molecule has 0 spiro atoms. The number of hydrogen-bond acceptors (Lipinski definition) is 3. The maximum atomic E-state index is 12.0. The minimum absolute atomic E-state index is 0.00415. The summed E-state index contributed by atoms with van der Waals surface area (Å²) >= 11 is 0. The van der Waals surface area contributed by atoms with Gasteiger partial charge in [-0.25, -0.2) is 4.98 Å². The molecule has 0 aliphatic rings. The van der Waals surface area contributed by atoms with E-state index in [1.807, 2.05) is 33.0 Å². The van der Waals surface area contributed by atoms with E-state index >= 15 is 0 Å². The maximum absolute atomic E-state index is 12.0. The molecule has 0 unspecified atom stereocenters. The van der Waals surface area contributed by atoms with Gasteiger partial charge in [0.05, 0.1) is 28.0 Å². The number of imidazole rings is 1. The molecule has 0 atom stereocenters. The second-order valence-corrected chi connectivity index (χ2v) is 20.4. The van der Waals surface area contributed by atoms with Crippen molar-refractivity contribution in [1.29, 1.82) is 0 Å². The number of fused-ring (bicyclic) bond motifs is 1. The molecule has 330 valence electrons. The Balaban J connectivity index is 1.30. The molecule has 0 amide bonds. The summed E-state index contributed by atoms with van der Waals surface area (Å²) in [5.74, 6) is 0.225. The standard InChI is InChI=1S/C62H61N3O/c1-38(2)42-20-22-43(23-21-42)46-28-29-63-55(36-46)48-33-47(34-50(35-48)62(9,10)11)51-18-15-19-56-58(51)64-60(54-31-39(3)30-41(5)59(54)66)65(56)57-32-40(4)52(44-16-13-12-14-17-44)37-53(57)45-24-26-49(27-25-45)61(6,7)8/h12-38,66H,1-11H3/i38D. The van der Waals surface area contributed by atoms with Gasteiger partial charge < -0.3 is 5.11 Å². The number of pyridine rings is 1. The first-order chi connectivity index (χ1) is 31.7. The van der Waals surface area contributed by atoms with E-state index in [2.05, 4.69) is 206 Å². The Morgan fingerprint density at radius 3 is 1.88 bits per heavy atom. The van der Waals surface area contributed by atoms with Crippen LogP contribution in [-0.2, 0) is 10.8 Å². The maximum Gasteiger partial charge on any atom is 0.149 e. The highest BCUT2D eigenvalue weighted by molar-refractivity contribution is 5.98. The van der Waals surface area contributed by atoms with Crippen LogP contribution in [0.15, 0.2) is 158 Å². The van der Waals surface area contributed by atoms with Gasteiger partial charge in [-0.3, -0.25) is 9.55 Å². The molecule has 4 nitrogen and oxygen atoms in total. The highest BCUT2D eigenvalue weighted by Gasteiger charge is 2.26. The lowest BCUT2D eigenvalue weighted by Crippen LogP contribution is -2.11. The first-order valence-corrected chi connectivity index (χ1v) is 23.1. The van der Waals surface area contributed by atoms with E-state index in [1.165, 1.54) is 11.1 Å². The number of phenols is 1. The van der Waals surface area contributed by atoms with Gasteiger partial charge in [-0.2, -0.15) is 0 Å². The number of aromatic nitrogens is 3. The van der Waals surface area contributed by atoms with Crippen LogP contribution < -0.4 is 0 Å². The molecular weight excluding hydrogens is 803 g/mol. The molecule has 0 bridgehead atoms. The normalized spacial score (nSPS) is 12.4. The zero-order valence-electron chi connectivity index (χ0n) is 41.3. The van der Waals surface area contributed by atoms with Crippen LogP contribution in [-0.4, -0.2) is 19.6 Å². The molecular formula is C62H61N3O. The van der Waals surface area contributed by atoms with Crippen LogP contribution in [0.2, 0.25) is 0 Å². The Kier molecular flexibility index (Phi) is 11.1. The lowest BCUT2D eigenvalue weighted by Gasteiger charge is -2.22. The molecule has 0 fully saturated rings. The van der Waals surface area contributed by atoms with Gasteiger partial charge in [0.25, 0.3) is 0 Å². The fourth-order valence-electron chi connectivity index (χ4n) is 9.20. The highest BCUT2D eigenvalue weighted by atomic mass is 16.3. The summed E-state index contributed by atoms with van der Waals surface area (Å²) in [4.78, 5) is 10.6. The van der Waals surface area contributed by atoms with E-state index in [0.717, 1.165) is 94.7 Å². The number of phenolic OH excluding ortho intramolecular Hbond substituents is 1. The quantitative estimate of drug-likeness (QED) is 0.166. The summed E-state index contributed by atoms with van der Waals surface area (Å²) in [5, 5.41) is 12.0. The monoisotopic (exact) mass is 864 g/mol. The van der Waals surface area contributed by atoms with Crippen molar-refractivity contribution in [2.45, 2.75) is 92.9 Å². The lowest BCUT2D eigenvalue weighted by atomic mass is 9.83. The van der Waals surface area contributed by atoms with Crippen molar-refractivity contribution in [3.63, 3.8) is 0 Å². The highest BCUT2D eigenvalue weighted by Crippen LogP contribution is 2.44. The molecule has 9 aromatic rings. The van der Waals surface area contributed by atoms with Crippen LogP contribution in [0.4, 0.5) is 0 Å². The SMILES string of the molecule is [2H]C(C)(C)c1ccc(-c2ccnc(-c3cc(-c4cccc5c4nc(-c4cc(C)cc(C)c4O)n5-c4cc(C)c(-c5ccccc5)cc4-c4ccc(C(C)(C)C)cc4)cc(C(C)(C)C)c3)c2)cc1. The van der Waals surface area contributed by atoms with Crippen molar-refractivity contribution in [1.82, 2.24) is 14.5 Å². The van der Waals surface area contributed by atoms with Crippen molar-refractivity contribution < 1.29 is 6.48 Å². The fourth-order valence-corrected chi connectivity index (χ4v) is 9.20. The first-order valence-electron chi connectivity index (χ1n) is 23.6. The number of benzene rings is 7. The number of para-hydroxylation sites is 1. The number of rotatable bonds is 8. The average molecular weight is 865 g/mol. The summed E-state index contributed by atoms with van der Waals surface area (Å²) in [6, 6.07) is 54.1. The van der Waals surface area contributed by atoms with Crippen molar-refractivity contribution in [2.75, 3.05) is 0 Å². The molecule has 4 heteroatoms. The Labute approximate surface area is 393 Å². The summed E-state index contributed by atoms with van der Waals surface area (Å²) in [5.41, 5.74) is 20.3. The molecule has 0 aliphatic carbocycles. The second-order valence-electron chi connectivity index (χ2n) is 20.4. The summed E-state index contributed by atoms with van der Waals surface area (Å²) in [6.07, 6.45) is 1.89. The molecule has 7 aromatic carbocycles. The number of aromatic hydroxyl groups is 1. The van der Waals surface area contributed by atoms with Gasteiger partial charge in [0.2, 0.25) is 0 Å². The first kappa shape index (κ1) is 42.9.